The highest BCUT2D eigenvalue weighted by atomic mass is 16.3. The highest BCUT2D eigenvalue weighted by Crippen LogP contribution is 2.31. The van der Waals surface area contributed by atoms with E-state index >= 15 is 0 Å². The highest BCUT2D eigenvalue weighted by molar-refractivity contribution is 5.79. The fourth-order valence-electron chi connectivity index (χ4n) is 3.50. The number of nitrogens with two attached hydrogens (primary N) is 1. The summed E-state index contributed by atoms with van der Waals surface area (Å²) in [5.74, 6) is 2.26. The van der Waals surface area contributed by atoms with Gasteiger partial charge in [0.25, 0.3) is 0 Å². The normalized spacial score (nSPS) is 23.3. The van der Waals surface area contributed by atoms with Gasteiger partial charge in [0.15, 0.2) is 0 Å². The molecule has 108 valence electrons. The second kappa shape index (κ2) is 5.44. The molecule has 1 saturated carbocycles. The molecule has 3 N–H and O–H groups in total. The van der Waals surface area contributed by atoms with Crippen LogP contribution in [0.1, 0.15) is 38.4 Å². The van der Waals surface area contributed by atoms with Crippen LogP contribution in [0.5, 0.6) is 0 Å². The predicted octanol–water partition coefficient (Wildman–Crippen LogP) is 2.94. The Kier molecular flexibility index (Phi) is 3.66. The van der Waals surface area contributed by atoms with Crippen molar-refractivity contribution >= 4 is 16.7 Å². The van der Waals surface area contributed by atoms with Gasteiger partial charge in [-0.1, -0.05) is 19.8 Å². The van der Waals surface area contributed by atoms with Crippen LogP contribution >= 0.6 is 0 Å². The lowest BCUT2D eigenvalue weighted by Gasteiger charge is -2.27. The van der Waals surface area contributed by atoms with Crippen molar-refractivity contribution in [3.63, 3.8) is 0 Å². The van der Waals surface area contributed by atoms with Gasteiger partial charge in [-0.15, -0.1) is 0 Å². The van der Waals surface area contributed by atoms with Crippen LogP contribution in [0.15, 0.2) is 18.2 Å². The van der Waals surface area contributed by atoms with Crippen LogP contribution in [0.25, 0.3) is 11.0 Å². The fourth-order valence-corrected chi connectivity index (χ4v) is 3.50. The monoisotopic (exact) mass is 273 g/mol. The van der Waals surface area contributed by atoms with Gasteiger partial charge in [0.05, 0.1) is 11.0 Å². The van der Waals surface area contributed by atoms with Crippen LogP contribution in [-0.2, 0) is 13.2 Å². The molecule has 2 aromatic rings. The predicted molar refractivity (Wildman–Crippen MR) is 81.2 cm³/mol. The number of aliphatic hydroxyl groups is 1. The van der Waals surface area contributed by atoms with Gasteiger partial charge in [0.1, 0.15) is 12.4 Å². The molecule has 4 nitrogen and oxygen atoms in total. The largest absolute Gasteiger partial charge is 0.399 e. The van der Waals surface area contributed by atoms with E-state index in [1.807, 2.05) is 18.2 Å². The molecule has 0 radical (unpaired) electrons. The maximum atomic E-state index is 9.56. The van der Waals surface area contributed by atoms with Crippen molar-refractivity contribution in [1.29, 1.82) is 0 Å². The average molecular weight is 273 g/mol. The summed E-state index contributed by atoms with van der Waals surface area (Å²) >= 11 is 0. The molecule has 1 aromatic carbocycles. The number of nitrogen functional groups attached to an aromatic ring is 1. The van der Waals surface area contributed by atoms with Gasteiger partial charge >= 0.3 is 0 Å². The van der Waals surface area contributed by atoms with Gasteiger partial charge in [-0.25, -0.2) is 4.98 Å². The molecule has 1 aliphatic rings. The number of aromatic nitrogens is 2. The first kappa shape index (κ1) is 13.4. The second-order valence-corrected chi connectivity index (χ2v) is 6.18. The fraction of sp³-hybridized carbons (Fsp3) is 0.562. The molecule has 0 aliphatic heterocycles. The van der Waals surface area contributed by atoms with Crippen molar-refractivity contribution in [2.24, 2.45) is 11.8 Å². The van der Waals surface area contributed by atoms with Gasteiger partial charge in [0.2, 0.25) is 0 Å². The number of nitrogens with zero attached hydrogens (tertiary/aromatic N) is 2. The van der Waals surface area contributed by atoms with Gasteiger partial charge in [-0.05, 0) is 42.9 Å². The Morgan fingerprint density at radius 3 is 3.00 bits per heavy atom. The first-order chi connectivity index (χ1) is 9.67. The van der Waals surface area contributed by atoms with Gasteiger partial charge in [-0.2, -0.15) is 0 Å². The number of rotatable bonds is 3. The standard InChI is InChI=1S/C16H23N3O/c1-11-3-2-4-12(7-11)9-19-15-6-5-13(17)8-14(15)18-16(19)10-20/h5-6,8,11-12,20H,2-4,7,9-10,17H2,1H3. The van der Waals surface area contributed by atoms with E-state index in [1.165, 1.54) is 25.7 Å². The lowest BCUT2D eigenvalue weighted by molar-refractivity contribution is 0.238. The molecule has 2 atom stereocenters. The summed E-state index contributed by atoms with van der Waals surface area (Å²) in [6.07, 6.45) is 5.23. The van der Waals surface area contributed by atoms with Crippen molar-refractivity contribution in [2.45, 2.75) is 45.8 Å². The lowest BCUT2D eigenvalue weighted by atomic mass is 9.82. The van der Waals surface area contributed by atoms with Crippen LogP contribution < -0.4 is 5.73 Å². The van der Waals surface area contributed by atoms with E-state index in [9.17, 15) is 5.11 Å². The molecule has 1 aromatic heterocycles. The lowest BCUT2D eigenvalue weighted by Crippen LogP contribution is -2.19. The molecule has 20 heavy (non-hydrogen) atoms. The van der Waals surface area contributed by atoms with E-state index in [-0.39, 0.29) is 6.61 Å². The number of anilines is 1. The molecule has 0 saturated heterocycles. The van der Waals surface area contributed by atoms with E-state index < -0.39 is 0 Å². The second-order valence-electron chi connectivity index (χ2n) is 6.18. The number of aliphatic hydroxyl groups excluding tert-OH is 1. The van der Waals surface area contributed by atoms with E-state index in [0.717, 1.165) is 35.0 Å². The summed E-state index contributed by atoms with van der Waals surface area (Å²) in [5, 5.41) is 9.56. The van der Waals surface area contributed by atoms with Crippen molar-refractivity contribution < 1.29 is 5.11 Å². The van der Waals surface area contributed by atoms with Crippen molar-refractivity contribution in [3.05, 3.63) is 24.0 Å². The number of hydrogen-bond donors (Lipinski definition) is 2. The Morgan fingerprint density at radius 1 is 1.40 bits per heavy atom. The van der Waals surface area contributed by atoms with Crippen molar-refractivity contribution in [1.82, 2.24) is 9.55 Å². The Hall–Kier alpha value is -1.55. The quantitative estimate of drug-likeness (QED) is 0.845. The molecule has 2 unspecified atom stereocenters. The van der Waals surface area contributed by atoms with Crippen molar-refractivity contribution in [3.8, 4) is 0 Å². The van der Waals surface area contributed by atoms with Crippen LogP contribution in [0.3, 0.4) is 0 Å². The molecule has 0 amide bonds. The van der Waals surface area contributed by atoms with Crippen molar-refractivity contribution in [2.75, 3.05) is 5.73 Å². The van der Waals surface area contributed by atoms with Gasteiger partial charge in [0, 0.05) is 12.2 Å². The van der Waals surface area contributed by atoms with Crippen LogP contribution in [0.2, 0.25) is 0 Å². The first-order valence-corrected chi connectivity index (χ1v) is 7.53. The van der Waals surface area contributed by atoms with E-state index in [4.69, 9.17) is 5.73 Å². The first-order valence-electron chi connectivity index (χ1n) is 7.53. The number of hydrogen-bond acceptors (Lipinski definition) is 3. The Bertz CT molecular complexity index is 605. The number of benzene rings is 1. The zero-order valence-corrected chi connectivity index (χ0v) is 12.0. The molecule has 0 spiro atoms. The van der Waals surface area contributed by atoms with Crippen LogP contribution in [0.4, 0.5) is 5.69 Å². The Morgan fingerprint density at radius 2 is 2.25 bits per heavy atom. The molecule has 0 bridgehead atoms. The third-order valence-corrected chi connectivity index (χ3v) is 4.48. The Balaban J connectivity index is 1.93. The molecule has 3 rings (SSSR count). The summed E-state index contributed by atoms with van der Waals surface area (Å²) in [5.41, 5.74) is 8.51. The molecule has 4 heteroatoms. The zero-order chi connectivity index (χ0) is 14.1. The highest BCUT2D eigenvalue weighted by Gasteiger charge is 2.21. The van der Waals surface area contributed by atoms with E-state index in [1.54, 1.807) is 0 Å². The summed E-state index contributed by atoms with van der Waals surface area (Å²) in [7, 11) is 0. The molecule has 1 fully saturated rings. The molecule has 1 heterocycles. The summed E-state index contributed by atoms with van der Waals surface area (Å²) in [6.45, 7) is 3.28. The van der Waals surface area contributed by atoms with Gasteiger partial charge in [-0.3, -0.25) is 0 Å². The van der Waals surface area contributed by atoms with Gasteiger partial charge < -0.3 is 15.4 Å². The third-order valence-electron chi connectivity index (χ3n) is 4.48. The SMILES string of the molecule is CC1CCCC(Cn2c(CO)nc3cc(N)ccc32)C1. The molecular weight excluding hydrogens is 250 g/mol. The minimum atomic E-state index is -0.0170. The zero-order valence-electron chi connectivity index (χ0n) is 12.0. The molecule has 1 aliphatic carbocycles. The average Bonchev–Trinajstić information content (AvgIpc) is 2.76. The minimum Gasteiger partial charge on any atom is -0.399 e. The summed E-state index contributed by atoms with van der Waals surface area (Å²) in [6, 6.07) is 5.81. The van der Waals surface area contributed by atoms with E-state index in [2.05, 4.69) is 16.5 Å². The maximum absolute atomic E-state index is 9.56. The maximum Gasteiger partial charge on any atom is 0.135 e. The van der Waals surface area contributed by atoms with E-state index in [0.29, 0.717) is 5.92 Å². The van der Waals surface area contributed by atoms with Crippen LogP contribution in [-0.4, -0.2) is 14.7 Å². The third kappa shape index (κ3) is 2.52. The number of fused-ring (bicyclic) bond motifs is 1. The van der Waals surface area contributed by atoms with Crippen LogP contribution in [0, 0.1) is 11.8 Å². The minimum absolute atomic E-state index is 0.0170. The number of imidazole rings is 1. The Labute approximate surface area is 119 Å². The summed E-state index contributed by atoms with van der Waals surface area (Å²) in [4.78, 5) is 4.51. The molecular formula is C16H23N3O. The topological polar surface area (TPSA) is 64.1 Å². The summed E-state index contributed by atoms with van der Waals surface area (Å²) < 4.78 is 2.18. The smallest absolute Gasteiger partial charge is 0.135 e.